The Balaban J connectivity index is 2.01. The van der Waals surface area contributed by atoms with Gasteiger partial charge in [0.1, 0.15) is 28.8 Å². The van der Waals surface area contributed by atoms with Gasteiger partial charge >= 0.3 is 5.97 Å². The van der Waals surface area contributed by atoms with Gasteiger partial charge in [0, 0.05) is 11.6 Å². The van der Waals surface area contributed by atoms with Crippen LogP contribution in [-0.2, 0) is 9.53 Å². The predicted molar refractivity (Wildman–Crippen MR) is 101 cm³/mol. The summed E-state index contributed by atoms with van der Waals surface area (Å²) < 4.78 is 26.6. The second-order valence-corrected chi connectivity index (χ2v) is 5.67. The van der Waals surface area contributed by atoms with Gasteiger partial charge in [0.2, 0.25) is 0 Å². The highest BCUT2D eigenvalue weighted by molar-refractivity contribution is 6.05. The van der Waals surface area contributed by atoms with Gasteiger partial charge in [0.05, 0.1) is 39.6 Å². The van der Waals surface area contributed by atoms with E-state index in [0.29, 0.717) is 45.5 Å². The number of methoxy groups -OCH3 is 4. The normalized spacial score (nSPS) is 14.6. The molecule has 6 heteroatoms. The molecule has 0 saturated carbocycles. The minimum atomic E-state index is -0.451. The Kier molecular flexibility index (Phi) is 5.35. The van der Waals surface area contributed by atoms with Crippen molar-refractivity contribution in [1.82, 2.24) is 0 Å². The largest absolute Gasteiger partial charge is 0.497 e. The molecule has 6 nitrogen and oxygen atoms in total. The van der Waals surface area contributed by atoms with Gasteiger partial charge < -0.3 is 23.7 Å². The topological polar surface area (TPSA) is 63.2 Å². The SMILES string of the molecule is COc1ccc(OC)c(/C=C2/C=C(c3ccc(OC)cc3OC)OC2=O)c1. The lowest BCUT2D eigenvalue weighted by molar-refractivity contribution is -0.130. The van der Waals surface area contributed by atoms with E-state index < -0.39 is 5.97 Å². The fourth-order valence-electron chi connectivity index (χ4n) is 2.74. The third-order valence-electron chi connectivity index (χ3n) is 4.15. The summed E-state index contributed by atoms with van der Waals surface area (Å²) in [5, 5.41) is 0. The molecule has 0 radical (unpaired) electrons. The van der Waals surface area contributed by atoms with E-state index in [1.807, 2.05) is 0 Å². The van der Waals surface area contributed by atoms with Crippen LogP contribution in [0.5, 0.6) is 23.0 Å². The van der Waals surface area contributed by atoms with Crippen LogP contribution in [-0.4, -0.2) is 34.4 Å². The van der Waals surface area contributed by atoms with Crippen molar-refractivity contribution in [3.63, 3.8) is 0 Å². The molecule has 3 rings (SSSR count). The van der Waals surface area contributed by atoms with Crippen molar-refractivity contribution in [3.05, 3.63) is 59.2 Å². The molecule has 0 bridgehead atoms. The van der Waals surface area contributed by atoms with E-state index in [-0.39, 0.29) is 0 Å². The summed E-state index contributed by atoms with van der Waals surface area (Å²) in [6.45, 7) is 0. The maximum atomic E-state index is 12.4. The molecular weight excluding hydrogens is 348 g/mol. The summed E-state index contributed by atoms with van der Waals surface area (Å²) >= 11 is 0. The highest BCUT2D eigenvalue weighted by atomic mass is 16.5. The first-order valence-corrected chi connectivity index (χ1v) is 8.19. The molecule has 0 fully saturated rings. The van der Waals surface area contributed by atoms with Crippen LogP contribution in [0.2, 0.25) is 0 Å². The van der Waals surface area contributed by atoms with E-state index in [4.69, 9.17) is 23.7 Å². The lowest BCUT2D eigenvalue weighted by Gasteiger charge is -2.10. The molecule has 27 heavy (non-hydrogen) atoms. The van der Waals surface area contributed by atoms with Gasteiger partial charge in [-0.15, -0.1) is 0 Å². The maximum absolute atomic E-state index is 12.4. The molecule has 0 spiro atoms. The Hall–Kier alpha value is -3.41. The van der Waals surface area contributed by atoms with Crippen LogP contribution in [0.15, 0.2) is 48.0 Å². The first kappa shape index (κ1) is 18.4. The Labute approximate surface area is 157 Å². The minimum absolute atomic E-state index is 0.398. The summed E-state index contributed by atoms with van der Waals surface area (Å²) in [5.41, 5.74) is 1.77. The minimum Gasteiger partial charge on any atom is -0.497 e. The molecule has 0 aromatic heterocycles. The smallest absolute Gasteiger partial charge is 0.343 e. The third-order valence-corrected chi connectivity index (χ3v) is 4.15. The molecule has 0 N–H and O–H groups in total. The van der Waals surface area contributed by atoms with E-state index in [9.17, 15) is 4.79 Å². The molecule has 0 unspecified atom stereocenters. The van der Waals surface area contributed by atoms with Gasteiger partial charge in [-0.25, -0.2) is 4.79 Å². The quantitative estimate of drug-likeness (QED) is 0.572. The highest BCUT2D eigenvalue weighted by Crippen LogP contribution is 2.36. The molecule has 1 heterocycles. The molecular formula is C21H20O6. The fourth-order valence-corrected chi connectivity index (χ4v) is 2.74. The fraction of sp³-hybridized carbons (Fsp3) is 0.190. The van der Waals surface area contributed by atoms with E-state index >= 15 is 0 Å². The summed E-state index contributed by atoms with van der Waals surface area (Å²) in [6.07, 6.45) is 3.37. The van der Waals surface area contributed by atoms with E-state index in [2.05, 4.69) is 0 Å². The zero-order valence-corrected chi connectivity index (χ0v) is 15.6. The molecule has 2 aromatic rings. The summed E-state index contributed by atoms with van der Waals surface area (Å²) in [6, 6.07) is 10.7. The summed E-state index contributed by atoms with van der Waals surface area (Å²) in [4.78, 5) is 12.4. The lowest BCUT2D eigenvalue weighted by Crippen LogP contribution is -1.99. The van der Waals surface area contributed by atoms with Crippen molar-refractivity contribution in [2.24, 2.45) is 0 Å². The zero-order valence-electron chi connectivity index (χ0n) is 15.6. The summed E-state index contributed by atoms with van der Waals surface area (Å²) in [5.74, 6) is 2.45. The standard InChI is InChI=1S/C21H20O6/c1-23-15-6-8-18(25-3)13(10-15)9-14-11-20(27-21(14)22)17-7-5-16(24-2)12-19(17)26-4/h5-12H,1-4H3/b14-9-. The van der Waals surface area contributed by atoms with Crippen LogP contribution < -0.4 is 18.9 Å². The first-order valence-electron chi connectivity index (χ1n) is 8.19. The molecule has 0 aliphatic carbocycles. The average molecular weight is 368 g/mol. The second-order valence-electron chi connectivity index (χ2n) is 5.67. The van der Waals surface area contributed by atoms with Crippen LogP contribution >= 0.6 is 0 Å². The number of ether oxygens (including phenoxy) is 5. The number of esters is 1. The Morgan fingerprint density at radius 1 is 0.815 bits per heavy atom. The van der Waals surface area contributed by atoms with Crippen LogP contribution in [0, 0.1) is 0 Å². The number of carbonyl (C=O) groups excluding carboxylic acids is 1. The van der Waals surface area contributed by atoms with Crippen LogP contribution in [0.25, 0.3) is 11.8 Å². The third kappa shape index (κ3) is 3.74. The Morgan fingerprint density at radius 2 is 1.48 bits per heavy atom. The Morgan fingerprint density at radius 3 is 2.15 bits per heavy atom. The second kappa shape index (κ2) is 7.86. The lowest BCUT2D eigenvalue weighted by atomic mass is 10.1. The van der Waals surface area contributed by atoms with Crippen molar-refractivity contribution in [1.29, 1.82) is 0 Å². The summed E-state index contributed by atoms with van der Waals surface area (Å²) in [7, 11) is 6.27. The number of hydrogen-bond donors (Lipinski definition) is 0. The predicted octanol–water partition coefficient (Wildman–Crippen LogP) is 3.70. The van der Waals surface area contributed by atoms with Crippen LogP contribution in [0.3, 0.4) is 0 Å². The first-order chi connectivity index (χ1) is 13.1. The average Bonchev–Trinajstić information content (AvgIpc) is 3.07. The zero-order chi connectivity index (χ0) is 19.4. The number of benzene rings is 2. The van der Waals surface area contributed by atoms with Gasteiger partial charge in [-0.1, -0.05) is 0 Å². The van der Waals surface area contributed by atoms with Crippen molar-refractivity contribution in [2.75, 3.05) is 28.4 Å². The van der Waals surface area contributed by atoms with Gasteiger partial charge in [-0.2, -0.15) is 0 Å². The van der Waals surface area contributed by atoms with Gasteiger partial charge in [-0.05, 0) is 42.5 Å². The number of rotatable bonds is 6. The van der Waals surface area contributed by atoms with Gasteiger partial charge in [-0.3, -0.25) is 0 Å². The van der Waals surface area contributed by atoms with Gasteiger partial charge in [0.15, 0.2) is 0 Å². The van der Waals surface area contributed by atoms with Crippen molar-refractivity contribution in [3.8, 4) is 23.0 Å². The van der Waals surface area contributed by atoms with Crippen molar-refractivity contribution in [2.45, 2.75) is 0 Å². The molecule has 0 amide bonds. The van der Waals surface area contributed by atoms with E-state index in [1.54, 1.807) is 77.0 Å². The molecule has 1 aliphatic heterocycles. The molecule has 0 saturated heterocycles. The van der Waals surface area contributed by atoms with E-state index in [0.717, 1.165) is 0 Å². The van der Waals surface area contributed by atoms with E-state index in [1.165, 1.54) is 0 Å². The molecule has 140 valence electrons. The van der Waals surface area contributed by atoms with Crippen molar-refractivity contribution >= 4 is 17.8 Å². The van der Waals surface area contributed by atoms with Crippen LogP contribution in [0.4, 0.5) is 0 Å². The van der Waals surface area contributed by atoms with Crippen LogP contribution in [0.1, 0.15) is 11.1 Å². The number of carbonyl (C=O) groups is 1. The number of hydrogen-bond acceptors (Lipinski definition) is 6. The monoisotopic (exact) mass is 368 g/mol. The molecule has 1 aliphatic rings. The number of cyclic esters (lactones) is 1. The Bertz CT molecular complexity index is 926. The van der Waals surface area contributed by atoms with Gasteiger partial charge in [0.25, 0.3) is 0 Å². The molecule has 2 aromatic carbocycles. The highest BCUT2D eigenvalue weighted by Gasteiger charge is 2.25. The maximum Gasteiger partial charge on any atom is 0.343 e. The van der Waals surface area contributed by atoms with Crippen molar-refractivity contribution < 1.29 is 28.5 Å². The molecule has 0 atom stereocenters.